The Morgan fingerprint density at radius 1 is 0.950 bits per heavy atom. The zero-order valence-corrected chi connectivity index (χ0v) is 22.4. The van der Waals surface area contributed by atoms with Crippen LogP contribution in [0.1, 0.15) is 48.9 Å². The summed E-state index contributed by atoms with van der Waals surface area (Å²) in [7, 11) is 0. The van der Waals surface area contributed by atoms with Crippen LogP contribution in [0.15, 0.2) is 77.6 Å². The Labute approximate surface area is 230 Å². The first-order valence-electron chi connectivity index (χ1n) is 13.6. The van der Waals surface area contributed by atoms with Gasteiger partial charge in [0.05, 0.1) is 34.1 Å². The second-order valence-electron chi connectivity index (χ2n) is 11.4. The predicted octanol–water partition coefficient (Wildman–Crippen LogP) is 3.97. The lowest BCUT2D eigenvalue weighted by Gasteiger charge is -2.32. The van der Waals surface area contributed by atoms with E-state index in [0.717, 1.165) is 5.56 Å². The van der Waals surface area contributed by atoms with Crippen LogP contribution in [0.4, 0.5) is 5.69 Å². The van der Waals surface area contributed by atoms with E-state index in [1.807, 2.05) is 36.4 Å². The number of hydrogen-bond donors (Lipinski definition) is 1. The number of anilines is 1. The Morgan fingerprint density at radius 2 is 1.65 bits per heavy atom. The van der Waals surface area contributed by atoms with Crippen LogP contribution >= 0.6 is 0 Å². The van der Waals surface area contributed by atoms with E-state index in [1.54, 1.807) is 41.0 Å². The molecule has 2 unspecified atom stereocenters. The maximum atomic E-state index is 14.5. The van der Waals surface area contributed by atoms with E-state index in [2.05, 4.69) is 19.2 Å². The number of nitrogens with one attached hydrogen (secondary N) is 1. The molecule has 2 amide bonds. The van der Waals surface area contributed by atoms with Gasteiger partial charge in [0.15, 0.2) is 5.78 Å². The Hall–Kier alpha value is -4.43. The number of hydrogen-bond acceptors (Lipinski definition) is 6. The number of carbonyl (C=O) groups is 3. The number of imide groups is 1. The van der Waals surface area contributed by atoms with Crippen molar-refractivity contribution in [3.8, 4) is 5.69 Å². The van der Waals surface area contributed by atoms with Crippen LogP contribution in [0.2, 0.25) is 0 Å². The fourth-order valence-corrected chi connectivity index (χ4v) is 7.03. The van der Waals surface area contributed by atoms with Gasteiger partial charge in [0.1, 0.15) is 11.4 Å². The summed E-state index contributed by atoms with van der Waals surface area (Å²) in [5.74, 6) is -1.47. The number of aromatic nitrogens is 2. The molecule has 7 rings (SSSR count). The minimum Gasteiger partial charge on any atom is -0.297 e. The van der Waals surface area contributed by atoms with Crippen LogP contribution in [-0.4, -0.2) is 33.2 Å². The van der Waals surface area contributed by atoms with Crippen molar-refractivity contribution in [2.45, 2.75) is 38.8 Å². The van der Waals surface area contributed by atoms with Gasteiger partial charge in [-0.2, -0.15) is 0 Å². The lowest BCUT2D eigenvalue weighted by atomic mass is 9.75. The highest BCUT2D eigenvalue weighted by Crippen LogP contribution is 2.56. The lowest BCUT2D eigenvalue weighted by Crippen LogP contribution is -2.50. The normalized spacial score (nSPS) is 24.7. The van der Waals surface area contributed by atoms with Gasteiger partial charge in [-0.05, 0) is 61.7 Å². The highest BCUT2D eigenvalue weighted by atomic mass is 16.2. The zero-order chi connectivity index (χ0) is 27.9. The van der Waals surface area contributed by atoms with Crippen molar-refractivity contribution in [3.05, 3.63) is 100 Å². The molecule has 0 radical (unpaired) electrons. The van der Waals surface area contributed by atoms with Crippen LogP contribution in [0, 0.1) is 17.8 Å². The van der Waals surface area contributed by atoms with Crippen LogP contribution in [-0.2, 0) is 15.1 Å². The number of ketones is 1. The van der Waals surface area contributed by atoms with E-state index in [4.69, 9.17) is 4.98 Å². The molecule has 0 bridgehead atoms. The van der Waals surface area contributed by atoms with Crippen molar-refractivity contribution in [2.24, 2.45) is 17.8 Å². The summed E-state index contributed by atoms with van der Waals surface area (Å²) in [6, 6.07) is 21.0. The summed E-state index contributed by atoms with van der Waals surface area (Å²) in [5.41, 5.74) is 1.56. The maximum Gasteiger partial charge on any atom is 0.266 e. The van der Waals surface area contributed by atoms with E-state index in [1.165, 1.54) is 11.8 Å². The number of rotatable bonds is 4. The van der Waals surface area contributed by atoms with E-state index >= 15 is 0 Å². The van der Waals surface area contributed by atoms with E-state index < -0.39 is 17.4 Å². The third-order valence-electron chi connectivity index (χ3n) is 8.62. The number of fused-ring (bicyclic) bond motifs is 8. The van der Waals surface area contributed by atoms with Crippen molar-refractivity contribution in [1.82, 2.24) is 14.9 Å². The topological polar surface area (TPSA) is 101 Å². The largest absolute Gasteiger partial charge is 0.297 e. The minimum atomic E-state index is -1.16. The quantitative estimate of drug-likeness (QED) is 0.315. The smallest absolute Gasteiger partial charge is 0.266 e. The monoisotopic (exact) mass is 532 g/mol. The summed E-state index contributed by atoms with van der Waals surface area (Å²) in [4.78, 5) is 60.6. The number of Topliss-reactive ketones (excluding diaryl/α,β-unsaturated/α-hetero) is 1. The SMILES string of the molecule is CC(=O)c1ccc(N2C(=O)[C@H]3C(CC(C)C)NC4(c5ccccc5-n5c4nc4ccccc4c5=O)[C@H]3C2=O)cc1. The summed E-state index contributed by atoms with van der Waals surface area (Å²) in [6.07, 6.45) is 0.666. The lowest BCUT2D eigenvalue weighted by molar-refractivity contribution is -0.123. The van der Waals surface area contributed by atoms with Gasteiger partial charge in [0.2, 0.25) is 11.8 Å². The van der Waals surface area contributed by atoms with Gasteiger partial charge in [-0.3, -0.25) is 29.1 Å². The molecule has 3 aliphatic heterocycles. The molecule has 40 heavy (non-hydrogen) atoms. The Balaban J connectivity index is 1.48. The van der Waals surface area contributed by atoms with E-state index in [9.17, 15) is 19.2 Å². The predicted molar refractivity (Wildman–Crippen MR) is 150 cm³/mol. The van der Waals surface area contributed by atoms with Crippen molar-refractivity contribution in [1.29, 1.82) is 0 Å². The van der Waals surface area contributed by atoms with Gasteiger partial charge in [0, 0.05) is 17.2 Å². The second kappa shape index (κ2) is 8.53. The number of amides is 2. The first-order chi connectivity index (χ1) is 19.2. The molecule has 1 spiro atoms. The zero-order valence-electron chi connectivity index (χ0n) is 22.4. The van der Waals surface area contributed by atoms with E-state index in [-0.39, 0.29) is 35.1 Å². The van der Waals surface area contributed by atoms with Gasteiger partial charge in [-0.15, -0.1) is 0 Å². The molecule has 200 valence electrons. The van der Waals surface area contributed by atoms with Crippen LogP contribution < -0.4 is 15.8 Å². The standard InChI is InChI=1S/C32H28N4O4/c1-17(2)16-24-26-27(30(40)35(29(26)39)20-14-12-19(13-15-20)18(3)37)32(34-24)22-9-5-7-11-25(22)36-28(38)21-8-4-6-10-23(21)33-31(32)36/h4-15,17,24,26-27,34H,16H2,1-3H3/t24?,26-,27+,32?/m0/s1. The second-order valence-corrected chi connectivity index (χ2v) is 11.4. The summed E-state index contributed by atoms with van der Waals surface area (Å²) in [6.45, 7) is 5.66. The molecule has 4 heterocycles. The van der Waals surface area contributed by atoms with Crippen molar-refractivity contribution < 1.29 is 14.4 Å². The molecular formula is C32H28N4O4. The van der Waals surface area contributed by atoms with Crippen molar-refractivity contribution in [2.75, 3.05) is 4.90 Å². The number of nitrogens with zero attached hydrogens (tertiary/aromatic N) is 3. The summed E-state index contributed by atoms with van der Waals surface area (Å²) < 4.78 is 1.61. The van der Waals surface area contributed by atoms with Crippen molar-refractivity contribution in [3.63, 3.8) is 0 Å². The number of carbonyl (C=O) groups excluding carboxylic acids is 3. The minimum absolute atomic E-state index is 0.0921. The molecular weight excluding hydrogens is 504 g/mol. The Morgan fingerprint density at radius 3 is 2.38 bits per heavy atom. The maximum absolute atomic E-state index is 14.5. The molecule has 0 saturated carbocycles. The Bertz CT molecular complexity index is 1810. The molecule has 2 saturated heterocycles. The van der Waals surface area contributed by atoms with Gasteiger partial charge in [-0.1, -0.05) is 44.2 Å². The third kappa shape index (κ3) is 3.14. The summed E-state index contributed by atoms with van der Waals surface area (Å²) in [5, 5.41) is 4.22. The highest BCUT2D eigenvalue weighted by molar-refractivity contribution is 6.23. The fourth-order valence-electron chi connectivity index (χ4n) is 7.03. The van der Waals surface area contributed by atoms with Gasteiger partial charge < -0.3 is 0 Å². The summed E-state index contributed by atoms with van der Waals surface area (Å²) >= 11 is 0. The van der Waals surface area contributed by atoms with Crippen LogP contribution in [0.3, 0.4) is 0 Å². The molecule has 3 aliphatic rings. The van der Waals surface area contributed by atoms with Gasteiger partial charge >= 0.3 is 0 Å². The van der Waals surface area contributed by atoms with Gasteiger partial charge in [-0.25, -0.2) is 9.88 Å². The van der Waals surface area contributed by atoms with Gasteiger partial charge in [0.25, 0.3) is 5.56 Å². The molecule has 3 aromatic carbocycles. The first kappa shape index (κ1) is 24.6. The van der Waals surface area contributed by atoms with Crippen LogP contribution in [0.25, 0.3) is 16.6 Å². The van der Waals surface area contributed by atoms with Crippen molar-refractivity contribution >= 4 is 34.2 Å². The third-order valence-corrected chi connectivity index (χ3v) is 8.62. The fraction of sp³-hybridized carbons (Fsp3) is 0.281. The van der Waals surface area contributed by atoms with Crippen LogP contribution in [0.5, 0.6) is 0 Å². The molecule has 1 N–H and O–H groups in total. The molecule has 4 aromatic rings. The highest BCUT2D eigenvalue weighted by Gasteiger charge is 2.69. The number of para-hydroxylation sites is 2. The molecule has 2 fully saturated rings. The van der Waals surface area contributed by atoms with E-state index in [0.29, 0.717) is 40.1 Å². The molecule has 4 atom stereocenters. The first-order valence-corrected chi connectivity index (χ1v) is 13.6. The average Bonchev–Trinajstić information content (AvgIpc) is 3.51. The molecule has 8 heteroatoms. The average molecular weight is 533 g/mol. The molecule has 0 aliphatic carbocycles. The molecule has 1 aromatic heterocycles. The Kier molecular flexibility index (Phi) is 5.25. The number of benzene rings is 3. The molecule has 8 nitrogen and oxygen atoms in total.